The van der Waals surface area contributed by atoms with Crippen molar-refractivity contribution < 1.29 is 0 Å². The molecular weight excluding hydrogens is 256 g/mol. The van der Waals surface area contributed by atoms with E-state index in [0.29, 0.717) is 0 Å². The Morgan fingerprint density at radius 3 is 2.24 bits per heavy atom. The van der Waals surface area contributed by atoms with Crippen molar-refractivity contribution in [2.24, 2.45) is 0 Å². The maximum Gasteiger partial charge on any atom is 0.0440 e. The van der Waals surface area contributed by atoms with Crippen LogP contribution in [0.1, 0.15) is 30.5 Å². The minimum Gasteiger partial charge on any atom is -0.341 e. The van der Waals surface area contributed by atoms with Crippen molar-refractivity contribution in [2.45, 2.75) is 34.2 Å². The van der Waals surface area contributed by atoms with Gasteiger partial charge in [0.25, 0.3) is 0 Å². The van der Waals surface area contributed by atoms with E-state index in [9.17, 15) is 0 Å². The van der Waals surface area contributed by atoms with E-state index in [4.69, 9.17) is 0 Å². The van der Waals surface area contributed by atoms with E-state index in [-0.39, 0.29) is 0 Å². The Balaban J connectivity index is 2.33. The van der Waals surface area contributed by atoms with Gasteiger partial charge in [-0.3, -0.25) is 0 Å². The molecule has 2 aromatic rings. The van der Waals surface area contributed by atoms with E-state index in [1.54, 1.807) is 0 Å². The van der Waals surface area contributed by atoms with E-state index in [2.05, 4.69) is 80.4 Å². The number of nitrogens with one attached hydrogen (secondary N) is 1. The zero-order valence-corrected chi connectivity index (χ0v) is 13.6. The number of para-hydroxylation sites is 1. The highest BCUT2D eigenvalue weighted by atomic mass is 15.1. The van der Waals surface area contributed by atoms with Crippen molar-refractivity contribution in [3.63, 3.8) is 0 Å². The van der Waals surface area contributed by atoms with Crippen molar-refractivity contribution >= 4 is 11.4 Å². The number of rotatable bonds is 6. The highest BCUT2D eigenvalue weighted by molar-refractivity contribution is 5.69. The van der Waals surface area contributed by atoms with Crippen LogP contribution in [0.2, 0.25) is 0 Å². The Morgan fingerprint density at radius 1 is 0.905 bits per heavy atom. The molecule has 0 heterocycles. The van der Waals surface area contributed by atoms with Crippen molar-refractivity contribution in [1.82, 2.24) is 5.32 Å². The van der Waals surface area contributed by atoms with Gasteiger partial charge in [0, 0.05) is 24.5 Å². The fourth-order valence-electron chi connectivity index (χ4n) is 2.74. The molecule has 21 heavy (non-hydrogen) atoms. The standard InChI is InChI=1S/C19H26N2/c1-5-20-14-17-11-12-19(16(4)13-17)21(6-2)18-10-8-7-9-15(18)3/h7-13,20H,5-6,14H2,1-4H3. The minimum atomic E-state index is 0.939. The van der Waals surface area contributed by atoms with Gasteiger partial charge in [0.05, 0.1) is 0 Å². The van der Waals surface area contributed by atoms with Gasteiger partial charge in [0.2, 0.25) is 0 Å². The Kier molecular flexibility index (Phi) is 5.40. The maximum absolute atomic E-state index is 3.38. The van der Waals surface area contributed by atoms with Crippen LogP contribution in [0.4, 0.5) is 11.4 Å². The summed E-state index contributed by atoms with van der Waals surface area (Å²) in [6.07, 6.45) is 0. The van der Waals surface area contributed by atoms with Gasteiger partial charge in [-0.05, 0) is 56.1 Å². The van der Waals surface area contributed by atoms with E-state index < -0.39 is 0 Å². The van der Waals surface area contributed by atoms with Gasteiger partial charge in [-0.15, -0.1) is 0 Å². The fraction of sp³-hybridized carbons (Fsp3) is 0.368. The van der Waals surface area contributed by atoms with E-state index in [1.807, 2.05) is 0 Å². The normalized spacial score (nSPS) is 10.7. The van der Waals surface area contributed by atoms with Gasteiger partial charge in [0.15, 0.2) is 0 Å². The van der Waals surface area contributed by atoms with Gasteiger partial charge in [-0.2, -0.15) is 0 Å². The van der Waals surface area contributed by atoms with Crippen LogP contribution >= 0.6 is 0 Å². The predicted molar refractivity (Wildman–Crippen MR) is 92.4 cm³/mol. The quantitative estimate of drug-likeness (QED) is 0.835. The molecule has 0 fully saturated rings. The molecule has 0 aliphatic carbocycles. The summed E-state index contributed by atoms with van der Waals surface area (Å²) in [5.74, 6) is 0. The highest BCUT2D eigenvalue weighted by Gasteiger charge is 2.12. The molecule has 0 aliphatic heterocycles. The average Bonchev–Trinajstić information content (AvgIpc) is 2.49. The largest absolute Gasteiger partial charge is 0.341 e. The molecule has 1 N–H and O–H groups in total. The summed E-state index contributed by atoms with van der Waals surface area (Å²) in [6.45, 7) is 11.6. The molecule has 0 radical (unpaired) electrons. The molecule has 0 unspecified atom stereocenters. The number of anilines is 2. The zero-order chi connectivity index (χ0) is 15.2. The first-order chi connectivity index (χ1) is 10.2. The third-order valence-electron chi connectivity index (χ3n) is 3.85. The SMILES string of the molecule is CCNCc1ccc(N(CC)c2ccccc2C)c(C)c1. The summed E-state index contributed by atoms with van der Waals surface area (Å²) in [5, 5.41) is 3.38. The minimum absolute atomic E-state index is 0.939. The van der Waals surface area contributed by atoms with Crippen molar-refractivity contribution in [2.75, 3.05) is 18.0 Å². The van der Waals surface area contributed by atoms with Crippen LogP contribution in [0.5, 0.6) is 0 Å². The lowest BCUT2D eigenvalue weighted by Crippen LogP contribution is -2.18. The van der Waals surface area contributed by atoms with E-state index in [0.717, 1.165) is 19.6 Å². The molecule has 0 aromatic heterocycles. The molecular formula is C19H26N2. The van der Waals surface area contributed by atoms with Gasteiger partial charge in [-0.25, -0.2) is 0 Å². The Hall–Kier alpha value is -1.80. The Morgan fingerprint density at radius 2 is 1.62 bits per heavy atom. The van der Waals surface area contributed by atoms with Gasteiger partial charge in [-0.1, -0.05) is 37.3 Å². The van der Waals surface area contributed by atoms with E-state index >= 15 is 0 Å². The summed E-state index contributed by atoms with van der Waals surface area (Å²) in [5.41, 5.74) is 6.58. The topological polar surface area (TPSA) is 15.3 Å². The molecule has 0 spiro atoms. The van der Waals surface area contributed by atoms with Crippen LogP contribution in [0.15, 0.2) is 42.5 Å². The summed E-state index contributed by atoms with van der Waals surface area (Å²) in [4.78, 5) is 2.39. The molecule has 0 bridgehead atoms. The summed E-state index contributed by atoms with van der Waals surface area (Å²) < 4.78 is 0. The molecule has 2 rings (SSSR count). The lowest BCUT2D eigenvalue weighted by molar-refractivity contribution is 0.726. The van der Waals surface area contributed by atoms with Crippen LogP contribution in [0, 0.1) is 13.8 Å². The number of hydrogen-bond donors (Lipinski definition) is 1. The number of hydrogen-bond acceptors (Lipinski definition) is 2. The van der Waals surface area contributed by atoms with Crippen LogP contribution in [-0.4, -0.2) is 13.1 Å². The fourth-order valence-corrected chi connectivity index (χ4v) is 2.74. The van der Waals surface area contributed by atoms with Crippen molar-refractivity contribution in [3.05, 3.63) is 59.2 Å². The van der Waals surface area contributed by atoms with Crippen LogP contribution in [0.25, 0.3) is 0 Å². The van der Waals surface area contributed by atoms with Crippen LogP contribution in [0.3, 0.4) is 0 Å². The summed E-state index contributed by atoms with van der Waals surface area (Å²) in [7, 11) is 0. The first-order valence-corrected chi connectivity index (χ1v) is 7.80. The molecule has 0 saturated carbocycles. The molecule has 0 atom stereocenters. The lowest BCUT2D eigenvalue weighted by atomic mass is 10.1. The third-order valence-corrected chi connectivity index (χ3v) is 3.85. The van der Waals surface area contributed by atoms with E-state index in [1.165, 1.54) is 28.1 Å². The smallest absolute Gasteiger partial charge is 0.0440 e. The monoisotopic (exact) mass is 282 g/mol. The number of aryl methyl sites for hydroxylation is 2. The number of benzene rings is 2. The second kappa shape index (κ2) is 7.28. The first-order valence-electron chi connectivity index (χ1n) is 7.80. The molecule has 2 heteroatoms. The Labute approximate surface area is 128 Å². The summed E-state index contributed by atoms with van der Waals surface area (Å²) in [6, 6.07) is 15.3. The van der Waals surface area contributed by atoms with Gasteiger partial charge in [0.1, 0.15) is 0 Å². The number of nitrogens with zero attached hydrogens (tertiary/aromatic N) is 1. The maximum atomic E-state index is 3.38. The second-order valence-electron chi connectivity index (χ2n) is 5.43. The average molecular weight is 282 g/mol. The highest BCUT2D eigenvalue weighted by Crippen LogP contribution is 2.30. The first kappa shape index (κ1) is 15.6. The summed E-state index contributed by atoms with van der Waals surface area (Å²) >= 11 is 0. The molecule has 0 aliphatic rings. The lowest BCUT2D eigenvalue weighted by Gasteiger charge is -2.27. The van der Waals surface area contributed by atoms with Crippen molar-refractivity contribution in [1.29, 1.82) is 0 Å². The van der Waals surface area contributed by atoms with Gasteiger partial charge < -0.3 is 10.2 Å². The second-order valence-corrected chi connectivity index (χ2v) is 5.43. The van der Waals surface area contributed by atoms with Crippen LogP contribution < -0.4 is 10.2 Å². The molecule has 0 saturated heterocycles. The van der Waals surface area contributed by atoms with Crippen LogP contribution in [-0.2, 0) is 6.54 Å². The van der Waals surface area contributed by atoms with Crippen molar-refractivity contribution in [3.8, 4) is 0 Å². The molecule has 0 amide bonds. The molecule has 112 valence electrons. The molecule has 2 nitrogen and oxygen atoms in total. The molecule has 2 aromatic carbocycles. The van der Waals surface area contributed by atoms with Gasteiger partial charge >= 0.3 is 0 Å². The predicted octanol–water partition coefficient (Wildman–Crippen LogP) is 4.57. The zero-order valence-electron chi connectivity index (χ0n) is 13.6. The Bertz CT molecular complexity index is 590. The third kappa shape index (κ3) is 3.64.